The zero-order valence-corrected chi connectivity index (χ0v) is 25.2. The van der Waals surface area contributed by atoms with E-state index in [4.69, 9.17) is 19.3 Å². The quantitative estimate of drug-likeness (QED) is 0.229. The molecule has 14 heteroatoms. The predicted molar refractivity (Wildman–Crippen MR) is 158 cm³/mol. The van der Waals surface area contributed by atoms with Crippen LogP contribution in [0.3, 0.4) is 0 Å². The number of nitrogens with zero attached hydrogens (tertiary/aromatic N) is 3. The van der Waals surface area contributed by atoms with E-state index in [1.165, 1.54) is 11.8 Å². The number of fused-ring (bicyclic) bond motifs is 5. The lowest BCUT2D eigenvalue weighted by molar-refractivity contribution is -0.153. The fourth-order valence-corrected chi connectivity index (χ4v) is 6.93. The minimum absolute atomic E-state index is 0.0236. The number of aliphatic hydroxyl groups is 3. The Hall–Kier alpha value is -4.95. The molecule has 0 saturated heterocycles. The number of Topliss-reactive ketones (excluding diaryl/α,β-unsaturated/α-hetero) is 2. The van der Waals surface area contributed by atoms with Crippen LogP contribution in [0.1, 0.15) is 30.2 Å². The van der Waals surface area contributed by atoms with Gasteiger partial charge in [-0.2, -0.15) is 0 Å². The van der Waals surface area contributed by atoms with Crippen molar-refractivity contribution in [2.75, 3.05) is 33.1 Å². The molecule has 45 heavy (non-hydrogen) atoms. The first-order valence-electron chi connectivity index (χ1n) is 14.2. The summed E-state index contributed by atoms with van der Waals surface area (Å²) in [5.74, 6) is -6.31. The number of amides is 1. The molecule has 4 atom stereocenters. The van der Waals surface area contributed by atoms with Crippen molar-refractivity contribution in [3.05, 3.63) is 52.0 Å². The van der Waals surface area contributed by atoms with E-state index in [2.05, 4.69) is 4.98 Å². The number of nitrogens with two attached hydrogens (primary N) is 1. The molecular weight excluding hydrogens is 588 g/mol. The fourth-order valence-electron chi connectivity index (χ4n) is 6.93. The Kier molecular flexibility index (Phi) is 6.89. The van der Waals surface area contributed by atoms with Crippen molar-refractivity contribution in [3.63, 3.8) is 0 Å². The van der Waals surface area contributed by atoms with Crippen molar-refractivity contribution < 1.29 is 48.1 Å². The Morgan fingerprint density at radius 2 is 1.87 bits per heavy atom. The van der Waals surface area contributed by atoms with E-state index >= 15 is 0 Å². The molecule has 0 radical (unpaired) electrons. The third-order valence-corrected chi connectivity index (χ3v) is 8.85. The van der Waals surface area contributed by atoms with Crippen molar-refractivity contribution >= 4 is 46.0 Å². The van der Waals surface area contributed by atoms with Gasteiger partial charge in [-0.25, -0.2) is 4.98 Å². The molecule has 14 nitrogen and oxygen atoms in total. The molecule has 1 amide bonds. The molecule has 1 fully saturated rings. The summed E-state index contributed by atoms with van der Waals surface area (Å²) in [5, 5.41) is 34.8. The van der Waals surface area contributed by atoms with Crippen LogP contribution >= 0.6 is 0 Å². The number of benzene rings is 1. The molecule has 3 aliphatic carbocycles. The molecule has 1 saturated carbocycles. The molecule has 0 spiro atoms. The molecule has 236 valence electrons. The average molecular weight is 621 g/mol. The van der Waals surface area contributed by atoms with E-state index in [-0.39, 0.29) is 47.8 Å². The van der Waals surface area contributed by atoms with Gasteiger partial charge < -0.3 is 39.5 Å². The molecule has 3 aliphatic rings. The van der Waals surface area contributed by atoms with E-state index in [1.54, 1.807) is 32.3 Å². The van der Waals surface area contributed by atoms with Crippen LogP contribution in [0.15, 0.2) is 43.9 Å². The molecular formula is C31H32N4O10. The van der Waals surface area contributed by atoms with Gasteiger partial charge in [-0.3, -0.25) is 24.1 Å². The summed E-state index contributed by atoms with van der Waals surface area (Å²) in [6, 6.07) is 3.83. The lowest BCUT2D eigenvalue weighted by Crippen LogP contribution is -2.65. The second kappa shape index (κ2) is 10.3. The van der Waals surface area contributed by atoms with Crippen molar-refractivity contribution in [1.29, 1.82) is 0 Å². The summed E-state index contributed by atoms with van der Waals surface area (Å²) in [6.07, 6.45) is 0.247. The summed E-state index contributed by atoms with van der Waals surface area (Å²) in [5.41, 5.74) is 3.71. The van der Waals surface area contributed by atoms with Gasteiger partial charge in [0.1, 0.15) is 35.0 Å². The van der Waals surface area contributed by atoms with E-state index in [9.17, 15) is 34.5 Å². The normalized spacial score (nSPS) is 24.6. The molecule has 1 aromatic carbocycles. The Morgan fingerprint density at radius 1 is 1.16 bits per heavy atom. The number of ketones is 2. The van der Waals surface area contributed by atoms with Crippen LogP contribution in [0, 0.1) is 11.8 Å². The van der Waals surface area contributed by atoms with Gasteiger partial charge in [0.05, 0.1) is 11.6 Å². The van der Waals surface area contributed by atoms with Gasteiger partial charge >= 0.3 is 5.97 Å². The van der Waals surface area contributed by atoms with Crippen LogP contribution in [0.4, 0.5) is 5.69 Å². The highest BCUT2D eigenvalue weighted by molar-refractivity contribution is 6.24. The molecule has 0 aliphatic heterocycles. The number of likely N-dealkylation sites (N-methyl/N-ethyl adjacent to an activating group) is 1. The van der Waals surface area contributed by atoms with Crippen LogP contribution < -0.4 is 10.6 Å². The van der Waals surface area contributed by atoms with Crippen molar-refractivity contribution in [2.24, 2.45) is 17.6 Å². The number of carbonyl (C=O) groups excluding carboxylic acids is 4. The Labute approximate surface area is 256 Å². The maximum Gasteiger partial charge on any atom is 0.303 e. The third kappa shape index (κ3) is 4.35. The SMILES string of the molecule is CC(=O)OCc1ccc(-c2nc3cc(N(C)C)c4c(c3o2)C(O)=C2C(=O)[C@]3(O)C(O)=C(C(N)=O)C(=O)[C@@H](N(C)C)[C@@H]3C[C@@H]2C4)o1. The van der Waals surface area contributed by atoms with E-state index in [0.717, 1.165) is 0 Å². The van der Waals surface area contributed by atoms with Crippen LogP contribution in [-0.4, -0.2) is 88.5 Å². The summed E-state index contributed by atoms with van der Waals surface area (Å²) in [4.78, 5) is 58.8. The minimum Gasteiger partial charge on any atom is -0.508 e. The number of esters is 1. The number of aromatic nitrogens is 1. The molecule has 3 aromatic rings. The zero-order chi connectivity index (χ0) is 32.7. The number of carbonyl (C=O) groups is 4. The molecule has 2 heterocycles. The third-order valence-electron chi connectivity index (χ3n) is 8.85. The van der Waals surface area contributed by atoms with Gasteiger partial charge in [0.2, 0.25) is 5.78 Å². The number of oxazole rings is 1. The first-order chi connectivity index (χ1) is 21.2. The average Bonchev–Trinajstić information content (AvgIpc) is 3.60. The number of hydrogen-bond donors (Lipinski definition) is 4. The number of furan rings is 1. The van der Waals surface area contributed by atoms with E-state index in [1.807, 2.05) is 19.0 Å². The number of anilines is 1. The maximum atomic E-state index is 14.2. The van der Waals surface area contributed by atoms with Crippen LogP contribution in [0.2, 0.25) is 0 Å². The van der Waals surface area contributed by atoms with Crippen molar-refractivity contribution in [2.45, 2.75) is 38.0 Å². The second-order valence-corrected chi connectivity index (χ2v) is 12.0. The van der Waals surface area contributed by atoms with Crippen LogP contribution in [-0.2, 0) is 36.9 Å². The Morgan fingerprint density at radius 3 is 2.49 bits per heavy atom. The highest BCUT2D eigenvalue weighted by Gasteiger charge is 2.64. The molecule has 0 bridgehead atoms. The molecule has 0 unspecified atom stereocenters. The van der Waals surface area contributed by atoms with Crippen molar-refractivity contribution in [1.82, 2.24) is 9.88 Å². The first kappa shape index (κ1) is 30.1. The standard InChI is InChI=1S/C31H32N4O10/c1-12(36)43-11-14-6-7-19(44-14)30-33-17-10-18(34(2)3)15-8-13-9-16-23(35(4)5)25(38)22(29(32)41)28(40)31(16,42)27(39)20(13)24(37)21(15)26(17)45-30/h6-7,10,13,16,23,37,40,42H,8-9,11H2,1-5H3,(H2,32,41)/t13-,16-,23-,31-/m0/s1. The van der Waals surface area contributed by atoms with Gasteiger partial charge in [0, 0.05) is 38.2 Å². The van der Waals surface area contributed by atoms with Crippen LogP contribution in [0.25, 0.3) is 28.5 Å². The minimum atomic E-state index is -2.69. The zero-order valence-electron chi connectivity index (χ0n) is 25.2. The molecule has 6 rings (SSSR count). The van der Waals surface area contributed by atoms with E-state index in [0.29, 0.717) is 22.5 Å². The largest absolute Gasteiger partial charge is 0.508 e. The van der Waals surface area contributed by atoms with Gasteiger partial charge in [0.15, 0.2) is 22.7 Å². The Balaban J connectivity index is 1.53. The summed E-state index contributed by atoms with van der Waals surface area (Å²) in [6.45, 7) is 1.19. The number of rotatable bonds is 6. The molecule has 5 N–H and O–H groups in total. The maximum absolute atomic E-state index is 14.2. The van der Waals surface area contributed by atoms with Crippen molar-refractivity contribution in [3.8, 4) is 11.7 Å². The Bertz CT molecular complexity index is 1880. The number of aliphatic hydroxyl groups excluding tert-OH is 2. The highest BCUT2D eigenvalue weighted by Crippen LogP contribution is 2.53. The summed E-state index contributed by atoms with van der Waals surface area (Å²) in [7, 11) is 6.75. The van der Waals surface area contributed by atoms with Gasteiger partial charge in [0.25, 0.3) is 11.8 Å². The van der Waals surface area contributed by atoms with Gasteiger partial charge in [-0.1, -0.05) is 0 Å². The predicted octanol–water partition coefficient (Wildman–Crippen LogP) is 1.79. The lowest BCUT2D eigenvalue weighted by Gasteiger charge is -2.50. The topological polar surface area (TPSA) is 210 Å². The number of primary amides is 1. The first-order valence-corrected chi connectivity index (χ1v) is 14.2. The number of hydrogen-bond acceptors (Lipinski definition) is 13. The van der Waals surface area contributed by atoms with Crippen LogP contribution in [0.5, 0.6) is 0 Å². The van der Waals surface area contributed by atoms with E-state index < -0.39 is 64.0 Å². The second-order valence-electron chi connectivity index (χ2n) is 12.0. The highest BCUT2D eigenvalue weighted by atomic mass is 16.5. The lowest BCUT2D eigenvalue weighted by atomic mass is 9.57. The van der Waals surface area contributed by atoms with Gasteiger partial charge in [-0.15, -0.1) is 0 Å². The monoisotopic (exact) mass is 620 g/mol. The summed E-state index contributed by atoms with van der Waals surface area (Å²) < 4.78 is 16.8. The summed E-state index contributed by atoms with van der Waals surface area (Å²) >= 11 is 0. The van der Waals surface area contributed by atoms with Gasteiger partial charge in [-0.05, 0) is 56.6 Å². The molecule has 2 aromatic heterocycles. The smallest absolute Gasteiger partial charge is 0.303 e. The number of ether oxygens (including phenoxy) is 1. The fraction of sp³-hybridized carbons (Fsp3) is 0.387.